The van der Waals surface area contributed by atoms with E-state index in [0.717, 1.165) is 29.7 Å². The van der Waals surface area contributed by atoms with Crippen LogP contribution in [0.1, 0.15) is 11.6 Å². The van der Waals surface area contributed by atoms with E-state index in [1.165, 1.54) is 0 Å². The monoisotopic (exact) mass is 275 g/mol. The van der Waals surface area contributed by atoms with Crippen molar-refractivity contribution in [3.05, 3.63) is 27.5 Å². The second kappa shape index (κ2) is 4.57. The number of hydrogen-bond donors (Lipinski definition) is 2. The largest absolute Gasteiger partial charge is 0.314 e. The molecule has 0 radical (unpaired) electrons. The van der Waals surface area contributed by atoms with Crippen LogP contribution in [0.25, 0.3) is 0 Å². The summed E-state index contributed by atoms with van der Waals surface area (Å²) < 4.78 is 0.851. The molecule has 1 saturated heterocycles. The maximum atomic E-state index is 5.83. The molecule has 1 aliphatic rings. The van der Waals surface area contributed by atoms with E-state index < -0.39 is 0 Å². The van der Waals surface area contributed by atoms with Crippen molar-refractivity contribution in [1.82, 2.24) is 15.6 Å². The van der Waals surface area contributed by atoms with Gasteiger partial charge in [0.1, 0.15) is 5.15 Å². The zero-order valence-corrected chi connectivity index (χ0v) is 9.90. The minimum absolute atomic E-state index is 0.338. The number of nitrogens with zero attached hydrogens (tertiary/aromatic N) is 1. The molecule has 1 atom stereocenters. The zero-order valence-electron chi connectivity index (χ0n) is 7.56. The smallest absolute Gasteiger partial charge is 0.143 e. The van der Waals surface area contributed by atoms with Gasteiger partial charge in [-0.05, 0) is 27.6 Å². The lowest BCUT2D eigenvalue weighted by atomic mass is 10.1. The van der Waals surface area contributed by atoms with Gasteiger partial charge in [0.25, 0.3) is 0 Å². The van der Waals surface area contributed by atoms with E-state index in [2.05, 4.69) is 31.5 Å². The molecule has 0 aliphatic carbocycles. The molecule has 1 aliphatic heterocycles. The Bertz CT molecular complexity index is 326. The first-order chi connectivity index (χ1) is 6.77. The Hall–Kier alpha value is -0.160. The van der Waals surface area contributed by atoms with Crippen LogP contribution in [-0.4, -0.2) is 24.6 Å². The van der Waals surface area contributed by atoms with Gasteiger partial charge in [-0.3, -0.25) is 0 Å². The van der Waals surface area contributed by atoms with Crippen molar-refractivity contribution in [2.45, 2.75) is 6.04 Å². The van der Waals surface area contributed by atoms with Gasteiger partial charge in [-0.15, -0.1) is 0 Å². The summed E-state index contributed by atoms with van der Waals surface area (Å²) in [4.78, 5) is 4.10. The summed E-state index contributed by atoms with van der Waals surface area (Å²) in [5.74, 6) is 0. The Morgan fingerprint density at radius 1 is 1.50 bits per heavy atom. The predicted octanol–water partition coefficient (Wildman–Crippen LogP) is 1.73. The molecule has 0 saturated carbocycles. The number of halogens is 2. The number of rotatable bonds is 1. The lowest BCUT2D eigenvalue weighted by Crippen LogP contribution is -2.42. The highest BCUT2D eigenvalue weighted by molar-refractivity contribution is 9.10. The topological polar surface area (TPSA) is 37.0 Å². The van der Waals surface area contributed by atoms with Gasteiger partial charge in [0.15, 0.2) is 0 Å². The molecular formula is C9H11BrClN3. The molecule has 1 unspecified atom stereocenters. The van der Waals surface area contributed by atoms with Crippen LogP contribution in [0.5, 0.6) is 0 Å². The van der Waals surface area contributed by atoms with Crippen LogP contribution < -0.4 is 10.6 Å². The summed E-state index contributed by atoms with van der Waals surface area (Å²) in [7, 11) is 0. The summed E-state index contributed by atoms with van der Waals surface area (Å²) in [6, 6.07) is 2.35. The number of hydrogen-bond acceptors (Lipinski definition) is 3. The first-order valence-corrected chi connectivity index (χ1v) is 5.69. The SMILES string of the molecule is Clc1ncc(C2CNCCN2)cc1Br. The lowest BCUT2D eigenvalue weighted by molar-refractivity contribution is 0.429. The van der Waals surface area contributed by atoms with E-state index >= 15 is 0 Å². The van der Waals surface area contributed by atoms with E-state index in [4.69, 9.17) is 11.6 Å². The number of nitrogens with one attached hydrogen (secondary N) is 2. The van der Waals surface area contributed by atoms with Gasteiger partial charge in [0.2, 0.25) is 0 Å². The maximum Gasteiger partial charge on any atom is 0.143 e. The quantitative estimate of drug-likeness (QED) is 0.767. The van der Waals surface area contributed by atoms with E-state index in [0.29, 0.717) is 11.2 Å². The number of pyridine rings is 1. The zero-order chi connectivity index (χ0) is 9.97. The molecule has 0 amide bonds. The third kappa shape index (κ3) is 2.25. The third-order valence-corrected chi connectivity index (χ3v) is 3.39. The fourth-order valence-electron chi connectivity index (χ4n) is 1.52. The van der Waals surface area contributed by atoms with Crippen LogP contribution in [0.15, 0.2) is 16.7 Å². The van der Waals surface area contributed by atoms with Crippen molar-refractivity contribution in [3.8, 4) is 0 Å². The molecule has 0 aromatic carbocycles. The van der Waals surface area contributed by atoms with Crippen LogP contribution in [-0.2, 0) is 0 Å². The fourth-order valence-corrected chi connectivity index (χ4v) is 1.99. The van der Waals surface area contributed by atoms with Gasteiger partial charge >= 0.3 is 0 Å². The summed E-state index contributed by atoms with van der Waals surface area (Å²) in [5.41, 5.74) is 1.16. The second-order valence-corrected chi connectivity index (χ2v) is 4.46. The van der Waals surface area contributed by atoms with E-state index in [9.17, 15) is 0 Å². The van der Waals surface area contributed by atoms with Crippen molar-refractivity contribution in [2.24, 2.45) is 0 Å². The first kappa shape index (κ1) is 10.4. The Morgan fingerprint density at radius 2 is 2.36 bits per heavy atom. The van der Waals surface area contributed by atoms with Crippen LogP contribution >= 0.6 is 27.5 Å². The molecule has 0 bridgehead atoms. The van der Waals surface area contributed by atoms with Crippen LogP contribution in [0.4, 0.5) is 0 Å². The molecule has 76 valence electrons. The standard InChI is InChI=1S/C9H11BrClN3/c10-7-3-6(4-14-9(7)11)8-5-12-1-2-13-8/h3-4,8,12-13H,1-2,5H2. The summed E-state index contributed by atoms with van der Waals surface area (Å²) in [6.45, 7) is 2.96. The van der Waals surface area contributed by atoms with Crippen LogP contribution in [0.2, 0.25) is 5.15 Å². The number of aromatic nitrogens is 1. The normalized spacial score (nSPS) is 22.3. The van der Waals surface area contributed by atoms with Gasteiger partial charge < -0.3 is 10.6 Å². The Labute approximate surface area is 96.4 Å². The molecule has 2 N–H and O–H groups in total. The Kier molecular flexibility index (Phi) is 3.38. The highest BCUT2D eigenvalue weighted by Gasteiger charge is 2.15. The highest BCUT2D eigenvalue weighted by Crippen LogP contribution is 2.23. The van der Waals surface area contributed by atoms with E-state index in [1.54, 1.807) is 0 Å². The average molecular weight is 277 g/mol. The fraction of sp³-hybridized carbons (Fsp3) is 0.444. The van der Waals surface area contributed by atoms with Crippen LogP contribution in [0.3, 0.4) is 0 Å². The van der Waals surface area contributed by atoms with Gasteiger partial charge in [0, 0.05) is 31.9 Å². The first-order valence-electron chi connectivity index (χ1n) is 4.52. The summed E-state index contributed by atoms with van der Waals surface area (Å²) >= 11 is 9.20. The molecule has 1 aromatic rings. The molecule has 3 nitrogen and oxygen atoms in total. The van der Waals surface area contributed by atoms with Crippen LogP contribution in [0, 0.1) is 0 Å². The van der Waals surface area contributed by atoms with E-state index in [1.807, 2.05) is 12.3 Å². The lowest BCUT2D eigenvalue weighted by Gasteiger charge is -2.24. The van der Waals surface area contributed by atoms with Gasteiger partial charge in [-0.2, -0.15) is 0 Å². The molecule has 14 heavy (non-hydrogen) atoms. The molecule has 2 rings (SSSR count). The summed E-state index contributed by atoms with van der Waals surface area (Å²) in [6.07, 6.45) is 1.82. The van der Waals surface area contributed by atoms with Gasteiger partial charge in [-0.1, -0.05) is 11.6 Å². The minimum Gasteiger partial charge on any atom is -0.314 e. The molecule has 5 heteroatoms. The molecule has 1 aromatic heterocycles. The third-order valence-electron chi connectivity index (χ3n) is 2.26. The molecule has 2 heterocycles. The predicted molar refractivity (Wildman–Crippen MR) is 60.6 cm³/mol. The molecular weight excluding hydrogens is 265 g/mol. The number of piperazine rings is 1. The molecule has 0 spiro atoms. The van der Waals surface area contributed by atoms with Crippen molar-refractivity contribution < 1.29 is 0 Å². The van der Waals surface area contributed by atoms with Crippen molar-refractivity contribution >= 4 is 27.5 Å². The van der Waals surface area contributed by atoms with Crippen molar-refractivity contribution in [3.63, 3.8) is 0 Å². The Morgan fingerprint density at radius 3 is 3.00 bits per heavy atom. The maximum absolute atomic E-state index is 5.83. The Balaban J connectivity index is 2.18. The van der Waals surface area contributed by atoms with Crippen molar-refractivity contribution in [1.29, 1.82) is 0 Å². The average Bonchev–Trinajstić information content (AvgIpc) is 2.23. The van der Waals surface area contributed by atoms with Gasteiger partial charge in [-0.25, -0.2) is 4.98 Å². The second-order valence-electron chi connectivity index (χ2n) is 3.25. The molecule has 1 fully saturated rings. The summed E-state index contributed by atoms with van der Waals surface area (Å²) in [5, 5.41) is 7.26. The minimum atomic E-state index is 0.338. The van der Waals surface area contributed by atoms with Gasteiger partial charge in [0.05, 0.1) is 4.47 Å². The van der Waals surface area contributed by atoms with Crippen molar-refractivity contribution in [2.75, 3.05) is 19.6 Å². The highest BCUT2D eigenvalue weighted by atomic mass is 79.9. The van der Waals surface area contributed by atoms with E-state index in [-0.39, 0.29) is 0 Å².